The molecule has 0 bridgehead atoms. The number of benzene rings is 1. The molecule has 104 valence electrons. The van der Waals surface area contributed by atoms with Gasteiger partial charge in [-0.1, -0.05) is 57.3 Å². The second kappa shape index (κ2) is 6.57. The first-order valence-corrected chi connectivity index (χ1v) is 7.40. The van der Waals surface area contributed by atoms with Gasteiger partial charge in [0.05, 0.1) is 16.6 Å². The van der Waals surface area contributed by atoms with Gasteiger partial charge >= 0.3 is 0 Å². The highest BCUT2D eigenvalue weighted by Crippen LogP contribution is 2.24. The van der Waals surface area contributed by atoms with Crippen LogP contribution < -0.4 is 5.32 Å². The van der Waals surface area contributed by atoms with Crippen LogP contribution in [0.3, 0.4) is 0 Å². The van der Waals surface area contributed by atoms with Crippen molar-refractivity contribution >= 4 is 45.0 Å². The van der Waals surface area contributed by atoms with E-state index in [1.807, 2.05) is 31.2 Å². The summed E-state index contributed by atoms with van der Waals surface area (Å²) < 4.78 is 0.945. The Morgan fingerprint density at radius 3 is 2.70 bits per heavy atom. The van der Waals surface area contributed by atoms with E-state index in [2.05, 4.69) is 26.2 Å². The van der Waals surface area contributed by atoms with Crippen molar-refractivity contribution in [2.45, 2.75) is 13.0 Å². The smallest absolute Gasteiger partial charge is 0.253 e. The fraction of sp³-hybridized carbons (Fsp3) is 0.143. The van der Waals surface area contributed by atoms with Crippen molar-refractivity contribution in [3.05, 3.63) is 62.3 Å². The number of nitrogens with one attached hydrogen (secondary N) is 1. The zero-order valence-corrected chi connectivity index (χ0v) is 13.6. The molecule has 0 spiro atoms. The highest BCUT2D eigenvalue weighted by molar-refractivity contribution is 9.10. The minimum absolute atomic E-state index is 0.146. The van der Waals surface area contributed by atoms with E-state index < -0.39 is 0 Å². The molecule has 2 aromatic rings. The first kappa shape index (κ1) is 15.3. The van der Waals surface area contributed by atoms with Crippen molar-refractivity contribution in [1.82, 2.24) is 10.3 Å². The summed E-state index contributed by atoms with van der Waals surface area (Å²) >= 11 is 15.0. The van der Waals surface area contributed by atoms with E-state index in [-0.39, 0.29) is 22.1 Å². The Labute approximate surface area is 135 Å². The number of pyridine rings is 1. The molecule has 1 aromatic carbocycles. The zero-order chi connectivity index (χ0) is 14.7. The molecule has 1 unspecified atom stereocenters. The zero-order valence-electron chi connectivity index (χ0n) is 10.5. The molecule has 1 aromatic heterocycles. The second-order valence-corrected chi connectivity index (χ2v) is 5.83. The molecule has 1 N–H and O–H groups in total. The molecule has 0 fully saturated rings. The summed E-state index contributed by atoms with van der Waals surface area (Å²) in [4.78, 5) is 16.0. The van der Waals surface area contributed by atoms with Gasteiger partial charge in [-0.15, -0.1) is 0 Å². The predicted octanol–water partition coefficient (Wildman–Crippen LogP) is 4.64. The molecular weight excluding hydrogens is 363 g/mol. The van der Waals surface area contributed by atoms with Crippen molar-refractivity contribution in [2.75, 3.05) is 0 Å². The lowest BCUT2D eigenvalue weighted by Crippen LogP contribution is -2.27. The van der Waals surface area contributed by atoms with E-state index in [1.54, 1.807) is 0 Å². The summed E-state index contributed by atoms with van der Waals surface area (Å²) in [5, 5.41) is 3.33. The Morgan fingerprint density at radius 1 is 1.35 bits per heavy atom. The van der Waals surface area contributed by atoms with Gasteiger partial charge in [0.1, 0.15) is 5.15 Å². The first-order valence-electron chi connectivity index (χ1n) is 5.85. The van der Waals surface area contributed by atoms with Crippen molar-refractivity contribution in [3.63, 3.8) is 0 Å². The number of amides is 1. The summed E-state index contributed by atoms with van der Waals surface area (Å²) in [6.45, 7) is 1.91. The monoisotopic (exact) mass is 372 g/mol. The van der Waals surface area contributed by atoms with Crippen LogP contribution in [0.25, 0.3) is 0 Å². The maximum atomic E-state index is 12.1. The summed E-state index contributed by atoms with van der Waals surface area (Å²) in [6.07, 6.45) is 1.40. The number of rotatable bonds is 3. The molecule has 6 heteroatoms. The minimum atomic E-state index is -0.251. The van der Waals surface area contributed by atoms with Gasteiger partial charge in [-0.2, -0.15) is 0 Å². The number of nitrogens with zero attached hydrogens (tertiary/aromatic N) is 1. The largest absolute Gasteiger partial charge is 0.345 e. The van der Waals surface area contributed by atoms with Gasteiger partial charge in [-0.25, -0.2) is 4.98 Å². The molecular formula is C14H11BrCl2N2O. The predicted molar refractivity (Wildman–Crippen MR) is 84.3 cm³/mol. The maximum absolute atomic E-state index is 12.1. The number of carbonyl (C=O) groups is 1. The molecule has 1 amide bonds. The first-order chi connectivity index (χ1) is 9.49. The standard InChI is InChI=1S/C14H11BrCl2N2O/c1-8(10-4-2-3-5-11(10)15)19-14(20)9-6-12(16)13(17)18-7-9/h2-8H,1H3,(H,19,20). The molecule has 0 saturated heterocycles. The molecule has 1 heterocycles. The molecule has 20 heavy (non-hydrogen) atoms. The third kappa shape index (κ3) is 3.51. The van der Waals surface area contributed by atoms with Crippen molar-refractivity contribution in [1.29, 1.82) is 0 Å². The molecule has 3 nitrogen and oxygen atoms in total. The van der Waals surface area contributed by atoms with Gasteiger partial charge in [-0.3, -0.25) is 4.79 Å². The van der Waals surface area contributed by atoms with Crippen LogP contribution in [0.15, 0.2) is 41.0 Å². The summed E-state index contributed by atoms with van der Waals surface area (Å²) in [6, 6.07) is 9.07. The highest BCUT2D eigenvalue weighted by Gasteiger charge is 2.14. The van der Waals surface area contributed by atoms with Crippen LogP contribution in [0.5, 0.6) is 0 Å². The molecule has 1 atom stereocenters. The van der Waals surface area contributed by atoms with E-state index >= 15 is 0 Å². The van der Waals surface area contributed by atoms with Crippen molar-refractivity contribution in [2.24, 2.45) is 0 Å². The van der Waals surface area contributed by atoms with E-state index in [9.17, 15) is 4.79 Å². The number of aromatic nitrogens is 1. The van der Waals surface area contributed by atoms with Crippen LogP contribution in [0.1, 0.15) is 28.9 Å². The van der Waals surface area contributed by atoms with Crippen LogP contribution in [0.2, 0.25) is 10.2 Å². The Balaban J connectivity index is 2.15. The fourth-order valence-corrected chi connectivity index (χ4v) is 2.63. The molecule has 2 rings (SSSR count). The Morgan fingerprint density at radius 2 is 2.05 bits per heavy atom. The summed E-state index contributed by atoms with van der Waals surface area (Å²) in [5.41, 5.74) is 1.37. The molecule has 0 aliphatic rings. The lowest BCUT2D eigenvalue weighted by atomic mass is 10.1. The quantitative estimate of drug-likeness (QED) is 0.796. The Bertz CT molecular complexity index is 649. The third-order valence-corrected chi connectivity index (χ3v) is 4.19. The van der Waals surface area contributed by atoms with Crippen molar-refractivity contribution < 1.29 is 4.79 Å². The van der Waals surface area contributed by atoms with Crippen LogP contribution in [0, 0.1) is 0 Å². The molecule has 0 saturated carbocycles. The highest BCUT2D eigenvalue weighted by atomic mass is 79.9. The van der Waals surface area contributed by atoms with Gasteiger partial charge < -0.3 is 5.32 Å². The van der Waals surface area contributed by atoms with Gasteiger partial charge in [-0.05, 0) is 24.6 Å². The molecule has 0 radical (unpaired) electrons. The summed E-state index contributed by atoms with van der Waals surface area (Å²) in [7, 11) is 0. The molecule has 0 aliphatic heterocycles. The van der Waals surface area contributed by atoms with E-state index in [0.29, 0.717) is 5.56 Å². The van der Waals surface area contributed by atoms with Gasteiger partial charge in [0.2, 0.25) is 0 Å². The summed E-state index contributed by atoms with van der Waals surface area (Å²) in [5.74, 6) is -0.251. The maximum Gasteiger partial charge on any atom is 0.253 e. The Kier molecular flexibility index (Phi) is 5.02. The number of hydrogen-bond acceptors (Lipinski definition) is 2. The average Bonchev–Trinajstić information content (AvgIpc) is 2.42. The van der Waals surface area contributed by atoms with Crippen LogP contribution in [-0.4, -0.2) is 10.9 Å². The van der Waals surface area contributed by atoms with Crippen molar-refractivity contribution in [3.8, 4) is 0 Å². The lowest BCUT2D eigenvalue weighted by molar-refractivity contribution is 0.0939. The van der Waals surface area contributed by atoms with E-state index in [4.69, 9.17) is 23.2 Å². The van der Waals surface area contributed by atoms with Crippen LogP contribution in [0.4, 0.5) is 0 Å². The number of carbonyl (C=O) groups excluding carboxylic acids is 1. The minimum Gasteiger partial charge on any atom is -0.345 e. The second-order valence-electron chi connectivity index (χ2n) is 4.21. The van der Waals surface area contributed by atoms with E-state index in [0.717, 1.165) is 10.0 Å². The van der Waals surface area contributed by atoms with Gasteiger partial charge in [0, 0.05) is 10.7 Å². The topological polar surface area (TPSA) is 42.0 Å². The van der Waals surface area contributed by atoms with Crippen LogP contribution in [-0.2, 0) is 0 Å². The van der Waals surface area contributed by atoms with Gasteiger partial charge in [0.15, 0.2) is 0 Å². The van der Waals surface area contributed by atoms with E-state index in [1.165, 1.54) is 12.3 Å². The van der Waals surface area contributed by atoms with Gasteiger partial charge in [0.25, 0.3) is 5.91 Å². The lowest BCUT2D eigenvalue weighted by Gasteiger charge is -2.16. The average molecular weight is 374 g/mol. The van der Waals surface area contributed by atoms with Crippen LogP contribution >= 0.6 is 39.1 Å². The fourth-order valence-electron chi connectivity index (χ4n) is 1.73. The number of hydrogen-bond donors (Lipinski definition) is 1. The molecule has 0 aliphatic carbocycles. The normalized spacial score (nSPS) is 12.0. The SMILES string of the molecule is CC(NC(=O)c1cnc(Cl)c(Cl)c1)c1ccccc1Br. The third-order valence-electron chi connectivity index (χ3n) is 2.78. The Hall–Kier alpha value is -1.10. The number of halogens is 3.